The molecule has 1 aromatic carbocycles. The van der Waals surface area contributed by atoms with Crippen molar-refractivity contribution in [2.75, 3.05) is 13.7 Å². The van der Waals surface area contributed by atoms with Crippen LogP contribution in [0.1, 0.15) is 37.8 Å². The topological polar surface area (TPSA) is 81.6 Å². The van der Waals surface area contributed by atoms with Crippen LogP contribution in [-0.2, 0) is 4.79 Å². The smallest absolute Gasteiger partial charge is 0.234 e. The molecule has 0 aliphatic carbocycles. The Labute approximate surface area is 126 Å². The molecule has 5 nitrogen and oxygen atoms in total. The number of hydrogen-bond acceptors (Lipinski definition) is 4. The number of amides is 1. The minimum Gasteiger partial charge on any atom is -0.497 e. The number of methoxy groups -OCH3 is 1. The van der Waals surface area contributed by atoms with E-state index in [0.29, 0.717) is 0 Å². The molecule has 21 heavy (non-hydrogen) atoms. The first-order valence-electron chi connectivity index (χ1n) is 7.53. The molecule has 5 heteroatoms. The van der Waals surface area contributed by atoms with Crippen molar-refractivity contribution in [2.45, 2.75) is 44.3 Å². The molecule has 4 N–H and O–H groups in total. The van der Waals surface area contributed by atoms with Crippen LogP contribution < -0.4 is 16.2 Å². The van der Waals surface area contributed by atoms with E-state index in [1.54, 1.807) is 7.11 Å². The number of carbonyl (C=O) groups is 1. The van der Waals surface area contributed by atoms with Crippen LogP contribution in [0.2, 0.25) is 0 Å². The highest BCUT2D eigenvalue weighted by Crippen LogP contribution is 2.33. The Hall–Kier alpha value is -1.59. The SMILES string of the molecule is CCC(N)C(c1ccc(OC)cc1)N1CCCC1C(N)=O. The molecular weight excluding hydrogens is 266 g/mol. The van der Waals surface area contributed by atoms with Gasteiger partial charge < -0.3 is 16.2 Å². The third-order valence-corrected chi connectivity index (χ3v) is 4.31. The van der Waals surface area contributed by atoms with Crippen LogP contribution in [0, 0.1) is 0 Å². The Kier molecular flexibility index (Phi) is 5.20. The van der Waals surface area contributed by atoms with Crippen molar-refractivity contribution in [3.05, 3.63) is 29.8 Å². The van der Waals surface area contributed by atoms with Crippen LogP contribution in [-0.4, -0.2) is 36.5 Å². The number of hydrogen-bond donors (Lipinski definition) is 2. The molecule has 1 aromatic rings. The van der Waals surface area contributed by atoms with Crippen molar-refractivity contribution in [3.8, 4) is 5.75 Å². The van der Waals surface area contributed by atoms with Gasteiger partial charge in [-0.05, 0) is 43.5 Å². The van der Waals surface area contributed by atoms with Gasteiger partial charge in [-0.15, -0.1) is 0 Å². The minimum atomic E-state index is -0.255. The number of benzene rings is 1. The van der Waals surface area contributed by atoms with Gasteiger partial charge in [0.2, 0.25) is 5.91 Å². The Balaban J connectivity index is 2.31. The standard InChI is InChI=1S/C16H25N3O2/c1-3-13(17)15(11-6-8-12(21-2)9-7-11)19-10-4-5-14(19)16(18)20/h6-9,13-15H,3-5,10,17H2,1-2H3,(H2,18,20). The van der Waals surface area contributed by atoms with Gasteiger partial charge in [-0.3, -0.25) is 9.69 Å². The predicted molar refractivity (Wildman–Crippen MR) is 82.9 cm³/mol. The highest BCUT2D eigenvalue weighted by molar-refractivity contribution is 5.80. The predicted octanol–water partition coefficient (Wildman–Crippen LogP) is 1.42. The normalized spacial score (nSPS) is 22.0. The van der Waals surface area contributed by atoms with Crippen molar-refractivity contribution in [3.63, 3.8) is 0 Å². The van der Waals surface area contributed by atoms with Crippen LogP contribution in [0.4, 0.5) is 0 Å². The zero-order valence-corrected chi connectivity index (χ0v) is 12.8. The molecule has 116 valence electrons. The number of rotatable bonds is 6. The summed E-state index contributed by atoms with van der Waals surface area (Å²) < 4.78 is 5.20. The minimum absolute atomic E-state index is 0.0147. The average Bonchev–Trinajstić information content (AvgIpc) is 2.97. The molecular formula is C16H25N3O2. The molecule has 0 aromatic heterocycles. The van der Waals surface area contributed by atoms with Crippen LogP contribution in [0.15, 0.2) is 24.3 Å². The summed E-state index contributed by atoms with van der Waals surface area (Å²) in [5, 5.41) is 0. The summed E-state index contributed by atoms with van der Waals surface area (Å²) in [6.45, 7) is 2.93. The molecule has 0 spiro atoms. The fraction of sp³-hybridized carbons (Fsp3) is 0.562. The Morgan fingerprint density at radius 2 is 2.10 bits per heavy atom. The van der Waals surface area contributed by atoms with Crippen molar-refractivity contribution >= 4 is 5.91 Å². The summed E-state index contributed by atoms with van der Waals surface area (Å²) in [5.41, 5.74) is 13.0. The molecule has 0 bridgehead atoms. The van der Waals surface area contributed by atoms with E-state index in [2.05, 4.69) is 11.8 Å². The lowest BCUT2D eigenvalue weighted by Crippen LogP contribution is -2.47. The monoisotopic (exact) mass is 291 g/mol. The summed E-state index contributed by atoms with van der Waals surface area (Å²) >= 11 is 0. The third kappa shape index (κ3) is 3.36. The second kappa shape index (κ2) is 6.91. The first kappa shape index (κ1) is 15.8. The molecule has 2 rings (SSSR count). The van der Waals surface area contributed by atoms with Gasteiger partial charge in [0.25, 0.3) is 0 Å². The average molecular weight is 291 g/mol. The van der Waals surface area contributed by atoms with Crippen molar-refractivity contribution in [1.82, 2.24) is 4.90 Å². The van der Waals surface area contributed by atoms with E-state index in [0.717, 1.165) is 37.1 Å². The summed E-state index contributed by atoms with van der Waals surface area (Å²) in [6.07, 6.45) is 2.65. The van der Waals surface area contributed by atoms with Gasteiger partial charge in [-0.25, -0.2) is 0 Å². The quantitative estimate of drug-likeness (QED) is 0.830. The van der Waals surface area contributed by atoms with Gasteiger partial charge in [0.1, 0.15) is 5.75 Å². The first-order valence-corrected chi connectivity index (χ1v) is 7.53. The van der Waals surface area contributed by atoms with Gasteiger partial charge in [0.15, 0.2) is 0 Å². The van der Waals surface area contributed by atoms with Crippen molar-refractivity contribution < 1.29 is 9.53 Å². The largest absolute Gasteiger partial charge is 0.497 e. The molecule has 1 aliphatic rings. The van der Waals surface area contributed by atoms with Crippen LogP contribution in [0.3, 0.4) is 0 Å². The van der Waals surface area contributed by atoms with E-state index in [4.69, 9.17) is 16.2 Å². The van der Waals surface area contributed by atoms with E-state index in [-0.39, 0.29) is 24.0 Å². The number of likely N-dealkylation sites (tertiary alicyclic amines) is 1. The van der Waals surface area contributed by atoms with E-state index >= 15 is 0 Å². The lowest BCUT2D eigenvalue weighted by molar-refractivity contribution is -0.123. The van der Waals surface area contributed by atoms with Gasteiger partial charge >= 0.3 is 0 Å². The van der Waals surface area contributed by atoms with E-state index in [9.17, 15) is 4.79 Å². The molecule has 1 fully saturated rings. The Morgan fingerprint density at radius 3 is 2.62 bits per heavy atom. The molecule has 0 saturated carbocycles. The van der Waals surface area contributed by atoms with Crippen LogP contribution in [0.25, 0.3) is 0 Å². The second-order valence-electron chi connectivity index (χ2n) is 5.59. The zero-order chi connectivity index (χ0) is 15.4. The molecule has 3 unspecified atom stereocenters. The highest BCUT2D eigenvalue weighted by atomic mass is 16.5. The fourth-order valence-electron chi connectivity index (χ4n) is 3.14. The zero-order valence-electron chi connectivity index (χ0n) is 12.8. The fourth-order valence-corrected chi connectivity index (χ4v) is 3.14. The first-order chi connectivity index (χ1) is 10.1. The molecule has 1 saturated heterocycles. The maximum absolute atomic E-state index is 11.7. The van der Waals surface area contributed by atoms with Gasteiger partial charge in [-0.2, -0.15) is 0 Å². The lowest BCUT2D eigenvalue weighted by atomic mass is 9.95. The highest BCUT2D eigenvalue weighted by Gasteiger charge is 2.37. The van der Waals surface area contributed by atoms with E-state index < -0.39 is 0 Å². The summed E-state index contributed by atoms with van der Waals surface area (Å²) in [7, 11) is 1.65. The number of carbonyl (C=O) groups excluding carboxylic acids is 1. The van der Waals surface area contributed by atoms with Crippen LogP contribution >= 0.6 is 0 Å². The maximum Gasteiger partial charge on any atom is 0.234 e. The van der Waals surface area contributed by atoms with E-state index in [1.807, 2.05) is 24.3 Å². The molecule has 3 atom stereocenters. The van der Waals surface area contributed by atoms with Crippen LogP contribution in [0.5, 0.6) is 5.75 Å². The summed E-state index contributed by atoms with van der Waals surface area (Å²) in [6, 6.07) is 7.68. The second-order valence-corrected chi connectivity index (χ2v) is 5.59. The van der Waals surface area contributed by atoms with Gasteiger partial charge in [0.05, 0.1) is 19.2 Å². The molecule has 1 aliphatic heterocycles. The molecule has 1 heterocycles. The third-order valence-electron chi connectivity index (χ3n) is 4.31. The molecule has 1 amide bonds. The van der Waals surface area contributed by atoms with E-state index in [1.165, 1.54) is 0 Å². The number of nitrogens with zero attached hydrogens (tertiary/aromatic N) is 1. The van der Waals surface area contributed by atoms with Crippen molar-refractivity contribution in [1.29, 1.82) is 0 Å². The number of primary amides is 1. The summed E-state index contributed by atoms with van der Waals surface area (Å²) in [4.78, 5) is 13.8. The van der Waals surface area contributed by atoms with Crippen molar-refractivity contribution in [2.24, 2.45) is 11.5 Å². The maximum atomic E-state index is 11.7. The van der Waals surface area contributed by atoms with Gasteiger partial charge in [-0.1, -0.05) is 19.1 Å². The molecule has 0 radical (unpaired) electrons. The number of nitrogens with two attached hydrogens (primary N) is 2. The Morgan fingerprint density at radius 1 is 1.43 bits per heavy atom. The number of ether oxygens (including phenoxy) is 1. The van der Waals surface area contributed by atoms with Gasteiger partial charge in [0, 0.05) is 6.04 Å². The lowest BCUT2D eigenvalue weighted by Gasteiger charge is -2.35. The Bertz CT molecular complexity index is 475. The summed E-state index contributed by atoms with van der Waals surface area (Å²) in [5.74, 6) is 0.560.